The Bertz CT molecular complexity index is 1020. The van der Waals surface area contributed by atoms with Crippen molar-refractivity contribution in [3.8, 4) is 0 Å². The Hall–Kier alpha value is -2.97. The second-order valence-corrected chi connectivity index (χ2v) is 6.69. The number of carboxylic acids is 1. The minimum atomic E-state index is -0.924. The van der Waals surface area contributed by atoms with Crippen LogP contribution in [0.1, 0.15) is 30.3 Å². The lowest BCUT2D eigenvalue weighted by Crippen LogP contribution is -2.47. The molecule has 0 spiro atoms. The third-order valence-corrected chi connectivity index (χ3v) is 5.01. The Morgan fingerprint density at radius 1 is 1.15 bits per heavy atom. The van der Waals surface area contributed by atoms with Crippen molar-refractivity contribution in [2.24, 2.45) is 20.0 Å². The van der Waals surface area contributed by atoms with Crippen LogP contribution in [0.2, 0.25) is 0 Å². The standard InChI is InChI=1S/C17H20N4O5/c1-9-4-5-10(16(24)25)8-21(9)15(23)12-7-6-11-13(18-12)19(2)17(26)20(3)14(11)22/h6-7,9-10H,4-5,8H2,1-3H3,(H,24,25). The number of pyridine rings is 1. The van der Waals surface area contributed by atoms with E-state index in [1.807, 2.05) is 6.92 Å². The number of rotatable bonds is 2. The zero-order chi connectivity index (χ0) is 19.2. The quantitative estimate of drug-likeness (QED) is 0.803. The Balaban J connectivity index is 2.05. The number of carbonyl (C=O) groups is 2. The van der Waals surface area contributed by atoms with Crippen LogP contribution in [0.3, 0.4) is 0 Å². The van der Waals surface area contributed by atoms with E-state index in [9.17, 15) is 24.3 Å². The summed E-state index contributed by atoms with van der Waals surface area (Å²) < 4.78 is 2.20. The number of hydrogen-bond acceptors (Lipinski definition) is 5. The third kappa shape index (κ3) is 2.79. The lowest BCUT2D eigenvalue weighted by molar-refractivity contribution is -0.143. The van der Waals surface area contributed by atoms with Crippen LogP contribution in [0.4, 0.5) is 0 Å². The van der Waals surface area contributed by atoms with Crippen LogP contribution in [0.25, 0.3) is 11.0 Å². The molecular formula is C17H20N4O5. The summed E-state index contributed by atoms with van der Waals surface area (Å²) in [5.74, 6) is -1.93. The first-order chi connectivity index (χ1) is 12.2. The van der Waals surface area contributed by atoms with Gasteiger partial charge in [-0.15, -0.1) is 0 Å². The highest BCUT2D eigenvalue weighted by Gasteiger charge is 2.33. The lowest BCUT2D eigenvalue weighted by atomic mass is 9.93. The summed E-state index contributed by atoms with van der Waals surface area (Å²) in [5, 5.41) is 9.47. The average Bonchev–Trinajstić information content (AvgIpc) is 2.63. The van der Waals surface area contributed by atoms with Crippen molar-refractivity contribution in [3.63, 3.8) is 0 Å². The van der Waals surface area contributed by atoms with E-state index in [0.29, 0.717) is 12.8 Å². The van der Waals surface area contributed by atoms with E-state index in [0.717, 1.165) is 4.57 Å². The van der Waals surface area contributed by atoms with Crippen LogP contribution < -0.4 is 11.2 Å². The largest absolute Gasteiger partial charge is 0.481 e. The van der Waals surface area contributed by atoms with Crippen molar-refractivity contribution in [1.29, 1.82) is 0 Å². The summed E-state index contributed by atoms with van der Waals surface area (Å²) in [6, 6.07) is 2.80. The second-order valence-electron chi connectivity index (χ2n) is 6.69. The maximum atomic E-state index is 12.9. The normalized spacial score (nSPS) is 20.3. The Labute approximate surface area is 148 Å². The van der Waals surface area contributed by atoms with E-state index in [4.69, 9.17) is 0 Å². The molecule has 1 amide bonds. The molecule has 0 aromatic carbocycles. The average molecular weight is 360 g/mol. The minimum absolute atomic E-state index is 0.0821. The van der Waals surface area contributed by atoms with Crippen LogP contribution in [0.5, 0.6) is 0 Å². The van der Waals surface area contributed by atoms with E-state index in [2.05, 4.69) is 4.98 Å². The summed E-state index contributed by atoms with van der Waals surface area (Å²) in [6.45, 7) is 1.98. The van der Waals surface area contributed by atoms with Gasteiger partial charge in [-0.05, 0) is 31.9 Å². The molecule has 1 saturated heterocycles. The molecule has 1 aliphatic rings. The Morgan fingerprint density at radius 2 is 1.85 bits per heavy atom. The predicted octanol–water partition coefficient (Wildman–Crippen LogP) is -0.0425. The monoisotopic (exact) mass is 360 g/mol. The van der Waals surface area contributed by atoms with E-state index in [1.54, 1.807) is 0 Å². The molecule has 2 aromatic rings. The van der Waals surface area contributed by atoms with Gasteiger partial charge in [0.15, 0.2) is 0 Å². The summed E-state index contributed by atoms with van der Waals surface area (Å²) >= 11 is 0. The van der Waals surface area contributed by atoms with Crippen LogP contribution in [0.15, 0.2) is 21.7 Å². The molecule has 3 heterocycles. The first-order valence-electron chi connectivity index (χ1n) is 8.33. The van der Waals surface area contributed by atoms with Crippen LogP contribution in [0, 0.1) is 5.92 Å². The number of aliphatic carboxylic acids is 1. The smallest absolute Gasteiger partial charge is 0.332 e. The molecule has 0 radical (unpaired) electrons. The van der Waals surface area contributed by atoms with E-state index >= 15 is 0 Å². The number of hydrogen-bond donors (Lipinski definition) is 1. The number of aromatic nitrogens is 3. The number of amides is 1. The zero-order valence-electron chi connectivity index (χ0n) is 14.8. The third-order valence-electron chi connectivity index (χ3n) is 5.01. The van der Waals surface area contributed by atoms with E-state index in [1.165, 1.54) is 35.7 Å². The van der Waals surface area contributed by atoms with Crippen molar-refractivity contribution in [1.82, 2.24) is 19.0 Å². The highest BCUT2D eigenvalue weighted by Crippen LogP contribution is 2.24. The Morgan fingerprint density at radius 3 is 2.50 bits per heavy atom. The second kappa shape index (κ2) is 6.40. The number of aryl methyl sites for hydroxylation is 1. The molecule has 0 bridgehead atoms. The molecule has 1 aliphatic heterocycles. The van der Waals surface area contributed by atoms with Crippen molar-refractivity contribution in [2.45, 2.75) is 25.8 Å². The molecule has 9 nitrogen and oxygen atoms in total. The number of carboxylic acid groups (broad SMARTS) is 1. The molecule has 138 valence electrons. The van der Waals surface area contributed by atoms with E-state index < -0.39 is 29.0 Å². The van der Waals surface area contributed by atoms with Crippen molar-refractivity contribution < 1.29 is 14.7 Å². The SMILES string of the molecule is CC1CCC(C(=O)O)CN1C(=O)c1ccc2c(=O)n(C)c(=O)n(C)c2n1. The maximum absolute atomic E-state index is 12.9. The maximum Gasteiger partial charge on any atom is 0.332 e. The molecule has 1 N–H and O–H groups in total. The van der Waals surface area contributed by atoms with Gasteiger partial charge in [-0.25, -0.2) is 9.78 Å². The first-order valence-corrected chi connectivity index (χ1v) is 8.33. The number of fused-ring (bicyclic) bond motifs is 1. The number of piperidine rings is 1. The first kappa shape index (κ1) is 17.8. The van der Waals surface area contributed by atoms with Gasteiger partial charge in [-0.2, -0.15) is 0 Å². The summed E-state index contributed by atoms with van der Waals surface area (Å²) in [6.07, 6.45) is 1.12. The molecule has 2 aromatic heterocycles. The molecule has 3 rings (SSSR count). The number of nitrogens with zero attached hydrogens (tertiary/aromatic N) is 4. The molecule has 2 unspecified atom stereocenters. The summed E-state index contributed by atoms with van der Waals surface area (Å²) in [4.78, 5) is 54.1. The lowest BCUT2D eigenvalue weighted by Gasteiger charge is -2.36. The van der Waals surface area contributed by atoms with E-state index in [-0.39, 0.29) is 29.3 Å². The molecule has 9 heteroatoms. The van der Waals surface area contributed by atoms with Gasteiger partial charge in [-0.1, -0.05) is 0 Å². The molecule has 0 aliphatic carbocycles. The van der Waals surface area contributed by atoms with Gasteiger partial charge in [0.1, 0.15) is 11.3 Å². The summed E-state index contributed by atoms with van der Waals surface area (Å²) in [5.41, 5.74) is -0.800. The minimum Gasteiger partial charge on any atom is -0.481 e. The fourth-order valence-corrected chi connectivity index (χ4v) is 3.31. The van der Waals surface area contributed by atoms with Gasteiger partial charge in [0, 0.05) is 26.7 Å². The highest BCUT2D eigenvalue weighted by molar-refractivity contribution is 5.95. The van der Waals surface area contributed by atoms with Crippen LogP contribution in [-0.4, -0.2) is 48.6 Å². The number of likely N-dealkylation sites (tertiary alicyclic amines) is 1. The fourth-order valence-electron chi connectivity index (χ4n) is 3.31. The van der Waals surface area contributed by atoms with Crippen molar-refractivity contribution >= 4 is 22.9 Å². The van der Waals surface area contributed by atoms with Crippen LogP contribution in [-0.2, 0) is 18.9 Å². The molecule has 2 atom stereocenters. The Kier molecular flexibility index (Phi) is 4.39. The van der Waals surface area contributed by atoms with Crippen LogP contribution >= 0.6 is 0 Å². The molecular weight excluding hydrogens is 340 g/mol. The predicted molar refractivity (Wildman–Crippen MR) is 93.1 cm³/mol. The van der Waals surface area contributed by atoms with Gasteiger partial charge in [-0.3, -0.25) is 23.5 Å². The van der Waals surface area contributed by atoms with Gasteiger partial charge in [0.05, 0.1) is 11.3 Å². The summed E-state index contributed by atoms with van der Waals surface area (Å²) in [7, 11) is 2.86. The fraction of sp³-hybridized carbons (Fsp3) is 0.471. The topological polar surface area (TPSA) is 115 Å². The highest BCUT2D eigenvalue weighted by atomic mass is 16.4. The van der Waals surface area contributed by atoms with Gasteiger partial charge in [0.25, 0.3) is 11.5 Å². The van der Waals surface area contributed by atoms with Gasteiger partial charge in [0.2, 0.25) is 0 Å². The molecule has 26 heavy (non-hydrogen) atoms. The van der Waals surface area contributed by atoms with Crippen molar-refractivity contribution in [2.75, 3.05) is 6.54 Å². The zero-order valence-corrected chi connectivity index (χ0v) is 14.8. The van der Waals surface area contributed by atoms with Crippen molar-refractivity contribution in [3.05, 3.63) is 38.7 Å². The molecule has 1 fully saturated rings. The number of carbonyl (C=O) groups excluding carboxylic acids is 1. The van der Waals surface area contributed by atoms with Gasteiger partial charge >= 0.3 is 11.7 Å². The van der Waals surface area contributed by atoms with Gasteiger partial charge < -0.3 is 10.0 Å². The molecule has 0 saturated carbocycles.